The van der Waals surface area contributed by atoms with Crippen molar-refractivity contribution in [3.05, 3.63) is 35.9 Å². The summed E-state index contributed by atoms with van der Waals surface area (Å²) >= 11 is 0. The quantitative estimate of drug-likeness (QED) is 0.805. The van der Waals surface area contributed by atoms with Crippen LogP contribution in [0.15, 0.2) is 30.3 Å². The largest absolute Gasteiger partial charge is 0.542 e. The number of likely N-dealkylation sites (N-methyl/N-ethyl adjacent to an activating group) is 1. The number of carboxylic acids is 1. The molecule has 0 radical (unpaired) electrons. The maximum absolute atomic E-state index is 12.0. The first-order valence-electron chi connectivity index (χ1n) is 6.91. The number of halogens is 3. The number of carboxylic acid groups (broad SMARTS) is 1. The minimum Gasteiger partial charge on any atom is -0.542 e. The summed E-state index contributed by atoms with van der Waals surface area (Å²) in [5, 5.41) is 10.9. The van der Waals surface area contributed by atoms with E-state index in [9.17, 15) is 18.0 Å². The number of hydrogen-bond donors (Lipinski definition) is 1. The number of alkyl halides is 3. The van der Waals surface area contributed by atoms with Gasteiger partial charge in [0.2, 0.25) is 0 Å². The number of quaternary nitrogens is 1. The zero-order valence-corrected chi connectivity index (χ0v) is 13.1. The molecule has 1 aromatic carbocycles. The van der Waals surface area contributed by atoms with Crippen LogP contribution in [0, 0.1) is 0 Å². The van der Waals surface area contributed by atoms with Crippen LogP contribution in [0.5, 0.6) is 0 Å². The molecule has 1 aromatic rings. The molecule has 1 amide bonds. The molecule has 0 unspecified atom stereocenters. The number of rotatable bonds is 2. The van der Waals surface area contributed by atoms with E-state index in [1.165, 1.54) is 5.56 Å². The molecule has 2 rings (SSSR count). The number of nitrogens with two attached hydrogens (primary N) is 1. The van der Waals surface area contributed by atoms with Crippen LogP contribution in [0.2, 0.25) is 0 Å². The highest BCUT2D eigenvalue weighted by Crippen LogP contribution is 2.14. The molecule has 1 aliphatic rings. The van der Waals surface area contributed by atoms with Gasteiger partial charge in [0.1, 0.15) is 5.97 Å². The Morgan fingerprint density at radius 2 is 1.78 bits per heavy atom. The summed E-state index contributed by atoms with van der Waals surface area (Å²) < 4.78 is 31.5. The molecule has 0 spiro atoms. The van der Waals surface area contributed by atoms with E-state index in [-0.39, 0.29) is 17.6 Å². The molecule has 2 N–H and O–H groups in total. The van der Waals surface area contributed by atoms with E-state index < -0.39 is 12.1 Å². The van der Waals surface area contributed by atoms with Crippen molar-refractivity contribution in [3.8, 4) is 0 Å². The van der Waals surface area contributed by atoms with Crippen molar-refractivity contribution in [3.63, 3.8) is 0 Å². The number of carbonyl (C=O) groups excluding carboxylic acids is 2. The fraction of sp³-hybridized carbons (Fsp3) is 0.467. The number of carbonyl (C=O) groups is 2. The lowest BCUT2D eigenvalue weighted by atomic mass is 10.1. The van der Waals surface area contributed by atoms with Crippen LogP contribution in [0.25, 0.3) is 0 Å². The second-order valence-corrected chi connectivity index (χ2v) is 5.80. The molecular weight excluding hydrogens is 313 g/mol. The predicted octanol–water partition coefficient (Wildman–Crippen LogP) is -0.332. The Bertz CT molecular complexity index is 559. The second kappa shape index (κ2) is 6.99. The molecule has 128 valence electrons. The number of benzene rings is 1. The van der Waals surface area contributed by atoms with Gasteiger partial charge in [0.15, 0.2) is 11.7 Å². The van der Waals surface area contributed by atoms with Crippen molar-refractivity contribution in [1.82, 2.24) is 4.90 Å². The lowest BCUT2D eigenvalue weighted by molar-refractivity contribution is -0.737. The highest BCUT2D eigenvalue weighted by Gasteiger charge is 2.46. The van der Waals surface area contributed by atoms with Gasteiger partial charge >= 0.3 is 6.18 Å². The van der Waals surface area contributed by atoms with Gasteiger partial charge in [-0.3, -0.25) is 9.69 Å². The lowest BCUT2D eigenvalue weighted by Crippen LogP contribution is -2.98. The van der Waals surface area contributed by atoms with Gasteiger partial charge in [-0.1, -0.05) is 30.3 Å². The molecule has 1 aliphatic heterocycles. The average molecular weight is 332 g/mol. The van der Waals surface area contributed by atoms with Crippen molar-refractivity contribution >= 4 is 11.9 Å². The number of nitrogens with zero attached hydrogens (tertiary/aromatic N) is 1. The minimum absolute atomic E-state index is 0.0300. The summed E-state index contributed by atoms with van der Waals surface area (Å²) in [5.74, 6) is -2.78. The van der Waals surface area contributed by atoms with Gasteiger partial charge in [-0.25, -0.2) is 0 Å². The van der Waals surface area contributed by atoms with Crippen LogP contribution < -0.4 is 10.4 Å². The SMILES string of the molecule is CN1C(=O)[C@@H](Cc2ccccc2)[NH2+]C1(C)C.O=C([O-])C(F)(F)F. The molecule has 0 aromatic heterocycles. The third kappa shape index (κ3) is 5.24. The van der Waals surface area contributed by atoms with Crippen LogP contribution in [0.4, 0.5) is 13.2 Å². The third-order valence-electron chi connectivity index (χ3n) is 3.65. The van der Waals surface area contributed by atoms with Crippen molar-refractivity contribution in [1.29, 1.82) is 0 Å². The van der Waals surface area contributed by atoms with Gasteiger partial charge in [-0.15, -0.1) is 0 Å². The van der Waals surface area contributed by atoms with E-state index in [0.29, 0.717) is 0 Å². The topological polar surface area (TPSA) is 77.0 Å². The first kappa shape index (κ1) is 19.0. The van der Waals surface area contributed by atoms with Crippen molar-refractivity contribution < 1.29 is 33.2 Å². The molecule has 1 atom stereocenters. The van der Waals surface area contributed by atoms with E-state index in [1.807, 2.05) is 30.1 Å². The zero-order chi connectivity index (χ0) is 17.8. The van der Waals surface area contributed by atoms with Crippen LogP contribution in [0.1, 0.15) is 19.4 Å². The molecule has 0 aliphatic carbocycles. The third-order valence-corrected chi connectivity index (χ3v) is 3.65. The summed E-state index contributed by atoms with van der Waals surface area (Å²) in [4.78, 5) is 22.6. The molecule has 8 heteroatoms. The van der Waals surface area contributed by atoms with Crippen LogP contribution in [0.3, 0.4) is 0 Å². The molecule has 1 fully saturated rings. The number of aliphatic carboxylic acids is 1. The highest BCUT2D eigenvalue weighted by molar-refractivity contribution is 5.82. The Morgan fingerprint density at radius 1 is 1.30 bits per heavy atom. The molecule has 0 bridgehead atoms. The standard InChI is InChI=1S/C13H18N2O.C2HF3O2/c1-13(2)14-11(12(16)15(13)3)9-10-7-5-4-6-8-10;3-2(4,5)1(6)7/h4-8,11,14H,9H2,1-3H3;(H,6,7)/t11-;/m1./s1. The summed E-state index contributed by atoms with van der Waals surface area (Å²) in [5.41, 5.74) is 1.11. The fourth-order valence-corrected chi connectivity index (χ4v) is 2.22. The van der Waals surface area contributed by atoms with Gasteiger partial charge < -0.3 is 15.2 Å². The summed E-state index contributed by atoms with van der Waals surface area (Å²) in [6, 6.07) is 10.2. The first-order valence-corrected chi connectivity index (χ1v) is 6.91. The average Bonchev–Trinajstić information content (AvgIpc) is 2.63. The van der Waals surface area contributed by atoms with E-state index >= 15 is 0 Å². The van der Waals surface area contributed by atoms with E-state index in [0.717, 1.165) is 6.42 Å². The van der Waals surface area contributed by atoms with Gasteiger partial charge in [0.05, 0.1) is 0 Å². The normalized spacial score (nSPS) is 20.0. The molecule has 1 heterocycles. The maximum Gasteiger partial charge on any atom is 0.430 e. The van der Waals surface area contributed by atoms with E-state index in [4.69, 9.17) is 9.90 Å². The Hall–Kier alpha value is -2.09. The van der Waals surface area contributed by atoms with E-state index in [2.05, 4.69) is 31.3 Å². The highest BCUT2D eigenvalue weighted by atomic mass is 19.4. The number of amides is 1. The first-order chi connectivity index (χ1) is 10.4. The minimum atomic E-state index is -5.19. The Balaban J connectivity index is 0.000000322. The molecule has 23 heavy (non-hydrogen) atoms. The van der Waals surface area contributed by atoms with E-state index in [1.54, 1.807) is 0 Å². The van der Waals surface area contributed by atoms with Crippen molar-refractivity contribution in [2.45, 2.75) is 38.1 Å². The van der Waals surface area contributed by atoms with Crippen LogP contribution >= 0.6 is 0 Å². The van der Waals surface area contributed by atoms with Crippen LogP contribution in [-0.2, 0) is 16.0 Å². The van der Waals surface area contributed by atoms with Gasteiger partial charge in [-0.2, -0.15) is 13.2 Å². The monoisotopic (exact) mass is 332 g/mol. The second-order valence-electron chi connectivity index (χ2n) is 5.80. The Kier molecular flexibility index (Phi) is 5.76. The van der Waals surface area contributed by atoms with Crippen molar-refractivity contribution in [2.75, 3.05) is 7.05 Å². The molecule has 5 nitrogen and oxygen atoms in total. The van der Waals surface area contributed by atoms with Crippen LogP contribution in [-0.4, -0.2) is 41.7 Å². The summed E-state index contributed by atoms with van der Waals surface area (Å²) in [6.07, 6.45) is -4.38. The molecule has 0 saturated carbocycles. The number of hydrogen-bond acceptors (Lipinski definition) is 3. The zero-order valence-electron chi connectivity index (χ0n) is 13.1. The Labute approximate surface area is 132 Å². The van der Waals surface area contributed by atoms with Gasteiger partial charge in [-0.05, 0) is 5.56 Å². The molecule has 1 saturated heterocycles. The molecular formula is C15H19F3N2O3. The van der Waals surface area contributed by atoms with Gasteiger partial charge in [0.25, 0.3) is 5.91 Å². The summed E-state index contributed by atoms with van der Waals surface area (Å²) in [6.45, 7) is 4.16. The smallest absolute Gasteiger partial charge is 0.430 e. The Morgan fingerprint density at radius 3 is 2.13 bits per heavy atom. The van der Waals surface area contributed by atoms with Gasteiger partial charge in [0, 0.05) is 27.3 Å². The summed E-state index contributed by atoms with van der Waals surface area (Å²) in [7, 11) is 1.88. The van der Waals surface area contributed by atoms with Crippen molar-refractivity contribution in [2.24, 2.45) is 0 Å². The fourth-order valence-electron chi connectivity index (χ4n) is 2.22. The maximum atomic E-state index is 12.0. The lowest BCUT2D eigenvalue weighted by Gasteiger charge is -2.22. The predicted molar refractivity (Wildman–Crippen MR) is 73.8 cm³/mol.